The first-order valence-corrected chi connectivity index (χ1v) is 9.69. The van der Waals surface area contributed by atoms with Gasteiger partial charge in [0.2, 0.25) is 5.91 Å². The molecule has 7 nitrogen and oxygen atoms in total. The lowest BCUT2D eigenvalue weighted by Crippen LogP contribution is -2.45. The highest BCUT2D eigenvalue weighted by atomic mass is 19.3. The highest BCUT2D eigenvalue weighted by Gasteiger charge is 2.29. The van der Waals surface area contributed by atoms with Gasteiger partial charge in [0.15, 0.2) is 11.5 Å². The third-order valence-electron chi connectivity index (χ3n) is 5.00. The molecule has 162 valence electrons. The molecule has 1 N–H and O–H groups in total. The third kappa shape index (κ3) is 5.49. The van der Waals surface area contributed by atoms with E-state index in [1.54, 1.807) is 23.1 Å². The Morgan fingerprint density at radius 1 is 1.30 bits per heavy atom. The molecule has 1 aromatic carbocycles. The van der Waals surface area contributed by atoms with E-state index in [1.807, 2.05) is 0 Å². The maximum absolute atomic E-state index is 12.5. The Hall–Kier alpha value is -3.10. The number of halogens is 2. The van der Waals surface area contributed by atoms with E-state index >= 15 is 0 Å². The number of likely N-dealkylation sites (tertiary alicyclic amines) is 1. The molecule has 1 aromatic heterocycles. The second kappa shape index (κ2) is 10.1. The van der Waals surface area contributed by atoms with Crippen LogP contribution in [-0.2, 0) is 11.2 Å². The minimum absolute atomic E-state index is 0.0372. The first kappa shape index (κ1) is 21.6. The molecule has 1 aliphatic heterocycles. The molecule has 0 aliphatic carbocycles. The van der Waals surface area contributed by atoms with Crippen LogP contribution in [0.2, 0.25) is 0 Å². The van der Waals surface area contributed by atoms with Crippen molar-refractivity contribution in [1.82, 2.24) is 10.2 Å². The Labute approximate surface area is 172 Å². The molecule has 0 unspecified atom stereocenters. The minimum atomic E-state index is -2.93. The summed E-state index contributed by atoms with van der Waals surface area (Å²) in [6, 6.07) is 6.29. The van der Waals surface area contributed by atoms with Crippen molar-refractivity contribution in [3.8, 4) is 11.5 Å². The highest BCUT2D eigenvalue weighted by molar-refractivity contribution is 5.94. The van der Waals surface area contributed by atoms with Crippen molar-refractivity contribution in [2.24, 2.45) is 5.92 Å². The lowest BCUT2D eigenvalue weighted by molar-refractivity contribution is -0.126. The van der Waals surface area contributed by atoms with Crippen LogP contribution in [0, 0.1) is 5.92 Å². The van der Waals surface area contributed by atoms with Crippen LogP contribution in [0.3, 0.4) is 0 Å². The summed E-state index contributed by atoms with van der Waals surface area (Å²) in [5.74, 6) is -0.348. The van der Waals surface area contributed by atoms with E-state index in [-0.39, 0.29) is 29.2 Å². The number of nitrogens with zero attached hydrogens (tertiary/aromatic N) is 1. The summed E-state index contributed by atoms with van der Waals surface area (Å²) in [6.07, 6.45) is 4.82. The second-order valence-electron chi connectivity index (χ2n) is 7.01. The summed E-state index contributed by atoms with van der Waals surface area (Å²) in [7, 11) is 1.37. The third-order valence-corrected chi connectivity index (χ3v) is 5.00. The maximum atomic E-state index is 12.5. The van der Waals surface area contributed by atoms with Crippen LogP contribution in [0.4, 0.5) is 8.78 Å². The minimum Gasteiger partial charge on any atom is -0.493 e. The van der Waals surface area contributed by atoms with Gasteiger partial charge in [-0.1, -0.05) is 6.07 Å². The van der Waals surface area contributed by atoms with Crippen LogP contribution in [0.5, 0.6) is 11.5 Å². The van der Waals surface area contributed by atoms with Crippen molar-refractivity contribution in [2.75, 3.05) is 26.7 Å². The van der Waals surface area contributed by atoms with Crippen molar-refractivity contribution in [1.29, 1.82) is 0 Å². The molecule has 2 amide bonds. The van der Waals surface area contributed by atoms with Gasteiger partial charge in [-0.15, -0.1) is 0 Å². The number of benzene rings is 1. The Morgan fingerprint density at radius 3 is 2.83 bits per heavy atom. The predicted molar refractivity (Wildman–Crippen MR) is 104 cm³/mol. The van der Waals surface area contributed by atoms with Crippen molar-refractivity contribution in [3.63, 3.8) is 0 Å². The Morgan fingerprint density at radius 2 is 2.13 bits per heavy atom. The number of amides is 2. The zero-order valence-electron chi connectivity index (χ0n) is 16.6. The molecule has 0 saturated carbocycles. The van der Waals surface area contributed by atoms with Gasteiger partial charge in [0.25, 0.3) is 5.91 Å². The van der Waals surface area contributed by atoms with Gasteiger partial charge in [-0.2, -0.15) is 8.78 Å². The van der Waals surface area contributed by atoms with Gasteiger partial charge in [-0.3, -0.25) is 9.59 Å². The molecule has 1 fully saturated rings. The number of nitrogens with one attached hydrogen (secondary N) is 1. The molecule has 2 heterocycles. The molecule has 0 spiro atoms. The topological polar surface area (TPSA) is 81.0 Å². The number of alkyl halides is 2. The number of carbonyl (C=O) groups is 2. The van der Waals surface area contributed by atoms with Crippen LogP contribution in [0.25, 0.3) is 0 Å². The molecular weight excluding hydrogens is 398 g/mol. The number of rotatable bonds is 8. The molecule has 1 atom stereocenters. The number of piperidine rings is 1. The molecule has 1 aliphatic rings. The van der Waals surface area contributed by atoms with Crippen LogP contribution in [0.1, 0.15) is 28.8 Å². The molecule has 0 radical (unpaired) electrons. The normalized spacial score (nSPS) is 16.4. The number of hydrogen-bond donors (Lipinski definition) is 1. The molecular formula is C21H24F2N2O5. The van der Waals surface area contributed by atoms with Crippen LogP contribution < -0.4 is 14.8 Å². The maximum Gasteiger partial charge on any atom is 0.387 e. The van der Waals surface area contributed by atoms with E-state index in [9.17, 15) is 18.4 Å². The SMILES string of the molecule is COc1cc(CCNC(=O)[C@@H]2CCCN(C(=O)c3ccoc3)C2)ccc1OC(F)F. The molecule has 2 aromatic rings. The Balaban J connectivity index is 1.50. The van der Waals surface area contributed by atoms with Gasteiger partial charge in [-0.05, 0) is 43.0 Å². The number of carbonyl (C=O) groups excluding carboxylic acids is 2. The van der Waals surface area contributed by atoms with Gasteiger partial charge in [0, 0.05) is 19.6 Å². The van der Waals surface area contributed by atoms with E-state index in [2.05, 4.69) is 10.1 Å². The van der Waals surface area contributed by atoms with E-state index in [4.69, 9.17) is 9.15 Å². The Bertz CT molecular complexity index is 857. The van der Waals surface area contributed by atoms with Gasteiger partial charge in [-0.25, -0.2) is 0 Å². The summed E-state index contributed by atoms with van der Waals surface area (Å²) < 4.78 is 39.3. The van der Waals surface area contributed by atoms with Crippen molar-refractivity contribution >= 4 is 11.8 Å². The van der Waals surface area contributed by atoms with Gasteiger partial charge >= 0.3 is 6.61 Å². The van der Waals surface area contributed by atoms with E-state index in [0.717, 1.165) is 12.0 Å². The first-order valence-electron chi connectivity index (χ1n) is 9.69. The van der Waals surface area contributed by atoms with Gasteiger partial charge < -0.3 is 24.1 Å². The fraction of sp³-hybridized carbons (Fsp3) is 0.429. The lowest BCUT2D eigenvalue weighted by atomic mass is 9.96. The largest absolute Gasteiger partial charge is 0.493 e. The number of hydrogen-bond acceptors (Lipinski definition) is 5. The van der Waals surface area contributed by atoms with Crippen LogP contribution in [-0.4, -0.2) is 50.1 Å². The monoisotopic (exact) mass is 422 g/mol. The fourth-order valence-electron chi connectivity index (χ4n) is 3.48. The van der Waals surface area contributed by atoms with Crippen molar-refractivity contribution < 1.29 is 32.3 Å². The standard InChI is InChI=1S/C21H24F2N2O5/c1-28-18-11-14(4-5-17(18)30-21(22)23)6-8-24-19(26)15-3-2-9-25(12-15)20(27)16-7-10-29-13-16/h4-5,7,10-11,13,15,21H,2-3,6,8-9,12H2,1H3,(H,24,26)/t15-/m1/s1. The zero-order valence-corrected chi connectivity index (χ0v) is 16.6. The molecule has 9 heteroatoms. The average molecular weight is 422 g/mol. The quantitative estimate of drug-likeness (QED) is 0.707. The predicted octanol–water partition coefficient (Wildman–Crippen LogP) is 3.10. The van der Waals surface area contributed by atoms with Crippen molar-refractivity contribution in [3.05, 3.63) is 47.9 Å². The van der Waals surface area contributed by atoms with Gasteiger partial charge in [0.1, 0.15) is 6.26 Å². The summed E-state index contributed by atoms with van der Waals surface area (Å²) in [6.45, 7) is -1.58. The van der Waals surface area contributed by atoms with Crippen LogP contribution in [0.15, 0.2) is 41.2 Å². The highest BCUT2D eigenvalue weighted by Crippen LogP contribution is 2.29. The smallest absolute Gasteiger partial charge is 0.387 e. The molecule has 1 saturated heterocycles. The number of methoxy groups -OCH3 is 1. The second-order valence-corrected chi connectivity index (χ2v) is 7.01. The Kier molecular flexibility index (Phi) is 7.26. The molecule has 3 rings (SSSR count). The van der Waals surface area contributed by atoms with Crippen LogP contribution >= 0.6 is 0 Å². The summed E-state index contributed by atoms with van der Waals surface area (Å²) >= 11 is 0. The first-order chi connectivity index (χ1) is 14.5. The number of furan rings is 1. The summed E-state index contributed by atoms with van der Waals surface area (Å²) in [5.41, 5.74) is 1.29. The van der Waals surface area contributed by atoms with E-state index in [1.165, 1.54) is 25.7 Å². The molecule has 30 heavy (non-hydrogen) atoms. The fourth-order valence-corrected chi connectivity index (χ4v) is 3.48. The van der Waals surface area contributed by atoms with Gasteiger partial charge in [0.05, 0.1) is 24.9 Å². The summed E-state index contributed by atoms with van der Waals surface area (Å²) in [4.78, 5) is 26.7. The zero-order chi connectivity index (χ0) is 21.5. The van der Waals surface area contributed by atoms with E-state index in [0.29, 0.717) is 38.0 Å². The summed E-state index contributed by atoms with van der Waals surface area (Å²) in [5, 5.41) is 2.89. The van der Waals surface area contributed by atoms with E-state index < -0.39 is 6.61 Å². The number of ether oxygens (including phenoxy) is 2. The lowest BCUT2D eigenvalue weighted by Gasteiger charge is -2.31. The molecule has 0 bridgehead atoms. The average Bonchev–Trinajstić information content (AvgIpc) is 3.28. The van der Waals surface area contributed by atoms with Crippen molar-refractivity contribution in [2.45, 2.75) is 25.9 Å².